The Morgan fingerprint density at radius 1 is 1.03 bits per heavy atom. The number of halogens is 2. The van der Waals surface area contributed by atoms with Gasteiger partial charge in [-0.1, -0.05) is 39.3 Å². The molecule has 4 aromatic heterocycles. The van der Waals surface area contributed by atoms with Crippen LogP contribution in [0.25, 0.3) is 27.9 Å². The van der Waals surface area contributed by atoms with Crippen molar-refractivity contribution in [1.82, 2.24) is 19.4 Å². The number of aryl methyl sites for hydroxylation is 1. The Morgan fingerprint density at radius 2 is 1.74 bits per heavy atom. The van der Waals surface area contributed by atoms with Gasteiger partial charge in [-0.15, -0.1) is 0 Å². The highest BCUT2D eigenvalue weighted by Gasteiger charge is 2.15. The van der Waals surface area contributed by atoms with Crippen LogP contribution in [-0.2, 0) is 0 Å². The Bertz CT molecular complexity index is 1240. The molecule has 0 bridgehead atoms. The molecule has 0 fully saturated rings. The Labute approximate surface area is 186 Å². The number of hydrogen-bond donors (Lipinski definition) is 0. The molecule has 0 saturated heterocycles. The van der Waals surface area contributed by atoms with E-state index >= 15 is 0 Å². The zero-order valence-electron chi connectivity index (χ0n) is 18.5. The first kappa shape index (κ1) is 21.5. The van der Waals surface area contributed by atoms with Crippen LogP contribution in [0.1, 0.15) is 33.4 Å². The summed E-state index contributed by atoms with van der Waals surface area (Å²) in [6.07, 6.45) is 5.45. The first-order valence-corrected chi connectivity index (χ1v) is 11.0. The van der Waals surface area contributed by atoms with Gasteiger partial charge in [0.15, 0.2) is 17.1 Å². The van der Waals surface area contributed by atoms with E-state index in [4.69, 9.17) is 11.6 Å². The Morgan fingerprint density at radius 3 is 2.42 bits per heavy atom. The van der Waals surface area contributed by atoms with Gasteiger partial charge in [0.2, 0.25) is 0 Å². The van der Waals surface area contributed by atoms with Crippen LogP contribution >= 0.6 is 11.6 Å². The fourth-order valence-electron chi connectivity index (χ4n) is 3.86. The summed E-state index contributed by atoms with van der Waals surface area (Å²) >= 11 is 6.65. The summed E-state index contributed by atoms with van der Waals surface area (Å²) in [6, 6.07) is 5.26. The molecule has 0 aliphatic carbocycles. The van der Waals surface area contributed by atoms with Crippen LogP contribution in [0, 0.1) is 24.6 Å². The number of nitrogens with zero attached hydrogens (tertiary/aromatic N) is 5. The van der Waals surface area contributed by atoms with E-state index in [-0.39, 0.29) is 0 Å². The minimum Gasteiger partial charge on any atom is -0.370 e. The maximum atomic E-state index is 14.5. The van der Waals surface area contributed by atoms with Crippen molar-refractivity contribution >= 4 is 34.0 Å². The van der Waals surface area contributed by atoms with Crippen molar-refractivity contribution in [1.29, 1.82) is 0 Å². The number of anilines is 1. The Balaban J connectivity index is 1.77. The molecule has 0 aliphatic rings. The first-order valence-electron chi connectivity index (χ1n) is 10.6. The third kappa shape index (κ3) is 4.49. The van der Waals surface area contributed by atoms with Gasteiger partial charge in [0.25, 0.3) is 0 Å². The second-order valence-electron chi connectivity index (χ2n) is 8.94. The topological polar surface area (TPSA) is 46.3 Å². The van der Waals surface area contributed by atoms with E-state index < -0.39 is 5.82 Å². The largest absolute Gasteiger partial charge is 0.370 e. The Kier molecular flexibility index (Phi) is 5.84. The fraction of sp³-hybridized carbons (Fsp3) is 0.375. The molecule has 0 radical (unpaired) electrons. The minimum absolute atomic E-state index is 0.297. The van der Waals surface area contributed by atoms with Crippen molar-refractivity contribution in [3.05, 3.63) is 53.3 Å². The van der Waals surface area contributed by atoms with E-state index in [0.717, 1.165) is 29.9 Å². The molecule has 4 rings (SSSR count). The molecule has 0 aromatic carbocycles. The lowest BCUT2D eigenvalue weighted by Gasteiger charge is -2.28. The molecule has 0 unspecified atom stereocenters. The van der Waals surface area contributed by atoms with Crippen molar-refractivity contribution in [2.24, 2.45) is 11.8 Å². The van der Waals surface area contributed by atoms with Crippen LogP contribution in [0.15, 0.2) is 36.8 Å². The normalized spacial score (nSPS) is 11.9. The van der Waals surface area contributed by atoms with Crippen molar-refractivity contribution in [3.8, 4) is 11.3 Å². The molecule has 4 heterocycles. The van der Waals surface area contributed by atoms with Crippen molar-refractivity contribution in [2.45, 2.75) is 34.6 Å². The summed E-state index contributed by atoms with van der Waals surface area (Å²) in [5, 5.41) is 1.34. The van der Waals surface area contributed by atoms with Gasteiger partial charge >= 0.3 is 0 Å². The minimum atomic E-state index is -0.398. The van der Waals surface area contributed by atoms with Gasteiger partial charge in [0.1, 0.15) is 0 Å². The molecule has 4 aromatic rings. The predicted molar refractivity (Wildman–Crippen MR) is 125 cm³/mol. The molecular formula is C24H27ClFN5. The summed E-state index contributed by atoms with van der Waals surface area (Å²) in [5.41, 5.74) is 3.83. The summed E-state index contributed by atoms with van der Waals surface area (Å²) in [7, 11) is 0. The summed E-state index contributed by atoms with van der Waals surface area (Å²) in [6.45, 7) is 12.6. The average Bonchev–Trinajstić information content (AvgIpc) is 3.07. The number of pyridine rings is 3. The van der Waals surface area contributed by atoms with Gasteiger partial charge in [-0.2, -0.15) is 0 Å². The smallest absolute Gasteiger partial charge is 0.173 e. The monoisotopic (exact) mass is 439 g/mol. The summed E-state index contributed by atoms with van der Waals surface area (Å²) in [4.78, 5) is 15.8. The zero-order valence-corrected chi connectivity index (χ0v) is 19.3. The molecule has 31 heavy (non-hydrogen) atoms. The Hall–Kier alpha value is -2.73. The molecule has 0 atom stereocenters. The van der Waals surface area contributed by atoms with Crippen LogP contribution < -0.4 is 4.90 Å². The standard InChI is InChI=1S/C24H27ClFN5/c1-14(2)10-30(11-15(3)4)18-7-19-20(25)8-22(29-23(19)27-9-18)17-6-21(26)24-28-16(5)12-31(24)13-17/h6-9,12-15H,10-11H2,1-5H3. The molecular weight excluding hydrogens is 413 g/mol. The molecule has 0 aliphatic heterocycles. The molecule has 0 amide bonds. The second kappa shape index (κ2) is 8.42. The quantitative estimate of drug-likeness (QED) is 0.360. The molecule has 7 heteroatoms. The van der Waals surface area contributed by atoms with E-state index in [1.54, 1.807) is 16.7 Å². The van der Waals surface area contributed by atoms with Gasteiger partial charge < -0.3 is 9.30 Å². The number of hydrogen-bond acceptors (Lipinski definition) is 4. The SMILES string of the molecule is Cc1cn2cc(-c3cc(Cl)c4cc(N(CC(C)C)CC(C)C)cnc4n3)cc(F)c2n1. The van der Waals surface area contributed by atoms with Crippen molar-refractivity contribution in [2.75, 3.05) is 18.0 Å². The zero-order chi connectivity index (χ0) is 22.3. The number of rotatable bonds is 6. The number of imidazole rings is 1. The van der Waals surface area contributed by atoms with Gasteiger partial charge in [0.05, 0.1) is 28.3 Å². The van der Waals surface area contributed by atoms with E-state index in [0.29, 0.717) is 39.4 Å². The highest BCUT2D eigenvalue weighted by Crippen LogP contribution is 2.31. The van der Waals surface area contributed by atoms with Gasteiger partial charge in [-0.05, 0) is 37.0 Å². The molecule has 0 spiro atoms. The van der Waals surface area contributed by atoms with Gasteiger partial charge in [-0.3, -0.25) is 0 Å². The van der Waals surface area contributed by atoms with Gasteiger partial charge in [0, 0.05) is 36.4 Å². The van der Waals surface area contributed by atoms with Crippen LogP contribution in [0.5, 0.6) is 0 Å². The third-order valence-electron chi connectivity index (χ3n) is 5.06. The van der Waals surface area contributed by atoms with E-state index in [1.807, 2.05) is 19.3 Å². The highest BCUT2D eigenvalue weighted by molar-refractivity contribution is 6.35. The second-order valence-corrected chi connectivity index (χ2v) is 9.34. The van der Waals surface area contributed by atoms with E-state index in [1.165, 1.54) is 6.07 Å². The molecule has 162 valence electrons. The number of fused-ring (bicyclic) bond motifs is 2. The predicted octanol–water partition coefficient (Wildman–Crippen LogP) is 6.16. The highest BCUT2D eigenvalue weighted by atomic mass is 35.5. The van der Waals surface area contributed by atoms with Gasteiger partial charge in [-0.25, -0.2) is 19.3 Å². The maximum Gasteiger partial charge on any atom is 0.173 e. The number of aromatic nitrogens is 4. The van der Waals surface area contributed by atoms with Crippen LogP contribution in [0.2, 0.25) is 5.02 Å². The lowest BCUT2D eigenvalue weighted by Crippen LogP contribution is -2.31. The van der Waals surface area contributed by atoms with E-state index in [2.05, 4.69) is 53.6 Å². The summed E-state index contributed by atoms with van der Waals surface area (Å²) in [5.74, 6) is 0.661. The lowest BCUT2D eigenvalue weighted by molar-refractivity contribution is 0.552. The summed E-state index contributed by atoms with van der Waals surface area (Å²) < 4.78 is 16.2. The maximum absolute atomic E-state index is 14.5. The average molecular weight is 440 g/mol. The van der Waals surface area contributed by atoms with E-state index in [9.17, 15) is 4.39 Å². The van der Waals surface area contributed by atoms with Crippen LogP contribution in [0.3, 0.4) is 0 Å². The molecule has 0 saturated carbocycles. The molecule has 5 nitrogen and oxygen atoms in total. The lowest BCUT2D eigenvalue weighted by atomic mass is 10.1. The van der Waals surface area contributed by atoms with Crippen LogP contribution in [-0.4, -0.2) is 32.4 Å². The van der Waals surface area contributed by atoms with Crippen molar-refractivity contribution in [3.63, 3.8) is 0 Å². The van der Waals surface area contributed by atoms with Crippen LogP contribution in [0.4, 0.5) is 10.1 Å². The third-order valence-corrected chi connectivity index (χ3v) is 5.37. The first-order chi connectivity index (χ1) is 14.7. The fourth-order valence-corrected chi connectivity index (χ4v) is 4.11. The van der Waals surface area contributed by atoms with Crippen molar-refractivity contribution < 1.29 is 4.39 Å². The molecule has 0 N–H and O–H groups in total.